The Morgan fingerprint density at radius 2 is 1.86 bits per heavy atom. The van der Waals surface area contributed by atoms with Crippen molar-refractivity contribution in [1.82, 2.24) is 0 Å². The quantitative estimate of drug-likeness (QED) is 0.889. The van der Waals surface area contributed by atoms with Gasteiger partial charge in [-0.1, -0.05) is 24.3 Å². The van der Waals surface area contributed by atoms with E-state index in [4.69, 9.17) is 4.74 Å². The van der Waals surface area contributed by atoms with Crippen molar-refractivity contribution in [2.45, 2.75) is 4.90 Å². The van der Waals surface area contributed by atoms with Gasteiger partial charge in [-0.2, -0.15) is 0 Å². The molecule has 2 aromatic carbocycles. The van der Waals surface area contributed by atoms with Gasteiger partial charge in [0.05, 0.1) is 12.0 Å². The van der Waals surface area contributed by atoms with Gasteiger partial charge < -0.3 is 4.74 Å². The molecule has 115 valence electrons. The second kappa shape index (κ2) is 7.11. The Hall–Kier alpha value is -2.31. The fourth-order valence-electron chi connectivity index (χ4n) is 1.86. The number of ether oxygens (including phenoxy) is 1. The van der Waals surface area contributed by atoms with E-state index < -0.39 is 10.0 Å². The lowest BCUT2D eigenvalue weighted by Crippen LogP contribution is -2.12. The molecule has 0 amide bonds. The highest BCUT2D eigenvalue weighted by molar-refractivity contribution is 7.92. The maximum atomic E-state index is 12.3. The predicted octanol–water partition coefficient (Wildman–Crippen LogP) is 2.94. The van der Waals surface area contributed by atoms with Crippen LogP contribution in [0, 0.1) is 0 Å². The summed E-state index contributed by atoms with van der Waals surface area (Å²) in [6, 6.07) is 12.9. The smallest absolute Gasteiger partial charge is 0.261 e. The van der Waals surface area contributed by atoms with E-state index >= 15 is 0 Å². The van der Waals surface area contributed by atoms with Crippen LogP contribution in [-0.2, 0) is 15.1 Å². The maximum Gasteiger partial charge on any atom is 0.261 e. The molecule has 0 aliphatic carbocycles. The summed E-state index contributed by atoms with van der Waals surface area (Å²) in [5.74, 6) is 0.587. The van der Waals surface area contributed by atoms with E-state index in [-0.39, 0.29) is 11.5 Å². The van der Waals surface area contributed by atoms with Gasteiger partial charge in [-0.05, 0) is 42.0 Å². The van der Waals surface area contributed by atoms with Gasteiger partial charge in [0.25, 0.3) is 10.0 Å². The SMILES string of the molecule is COc1ccc(S(=O)(=O)Nc2cccc(C=CC[O])c2)cc1. The first-order chi connectivity index (χ1) is 10.5. The van der Waals surface area contributed by atoms with Crippen LogP contribution in [0.25, 0.3) is 6.08 Å². The highest BCUT2D eigenvalue weighted by atomic mass is 32.2. The van der Waals surface area contributed by atoms with Crippen molar-refractivity contribution in [3.8, 4) is 5.75 Å². The monoisotopic (exact) mass is 318 g/mol. The minimum Gasteiger partial charge on any atom is -0.497 e. The second-order valence-electron chi connectivity index (χ2n) is 4.48. The summed E-state index contributed by atoms with van der Waals surface area (Å²) in [4.78, 5) is 0.147. The Bertz CT molecular complexity index is 752. The Labute approximate surface area is 129 Å². The Kier molecular flexibility index (Phi) is 5.19. The zero-order valence-corrected chi connectivity index (χ0v) is 12.8. The molecular formula is C16H16NO4S. The molecule has 0 unspecified atom stereocenters. The summed E-state index contributed by atoms with van der Waals surface area (Å²) in [5, 5.41) is 10.4. The van der Waals surface area contributed by atoms with Crippen LogP contribution in [0.4, 0.5) is 5.69 Å². The van der Waals surface area contributed by atoms with Crippen LogP contribution < -0.4 is 9.46 Å². The minimum absolute atomic E-state index is 0.147. The van der Waals surface area contributed by atoms with Crippen LogP contribution in [0.15, 0.2) is 59.5 Å². The minimum atomic E-state index is -3.67. The summed E-state index contributed by atoms with van der Waals surface area (Å²) in [7, 11) is -2.15. The molecule has 5 nitrogen and oxygen atoms in total. The van der Waals surface area contributed by atoms with Gasteiger partial charge in [-0.3, -0.25) is 4.72 Å². The third kappa shape index (κ3) is 4.09. The van der Waals surface area contributed by atoms with Gasteiger partial charge in [0.1, 0.15) is 12.4 Å². The highest BCUT2D eigenvalue weighted by Crippen LogP contribution is 2.20. The van der Waals surface area contributed by atoms with Crippen LogP contribution in [0.1, 0.15) is 5.56 Å². The molecule has 6 heteroatoms. The van der Waals surface area contributed by atoms with E-state index in [0.717, 1.165) is 5.56 Å². The number of sulfonamides is 1. The lowest BCUT2D eigenvalue weighted by Gasteiger charge is -2.09. The number of hydrogen-bond acceptors (Lipinski definition) is 3. The lowest BCUT2D eigenvalue weighted by molar-refractivity contribution is 0.233. The summed E-state index contributed by atoms with van der Waals surface area (Å²) in [6.07, 6.45) is 3.12. The maximum absolute atomic E-state index is 12.3. The third-order valence-corrected chi connectivity index (χ3v) is 4.31. The summed E-state index contributed by atoms with van der Waals surface area (Å²) in [5.41, 5.74) is 1.19. The number of hydrogen-bond donors (Lipinski definition) is 1. The van der Waals surface area contributed by atoms with Crippen molar-refractivity contribution in [3.63, 3.8) is 0 Å². The van der Waals surface area contributed by atoms with Crippen molar-refractivity contribution in [2.24, 2.45) is 0 Å². The zero-order valence-electron chi connectivity index (χ0n) is 12.0. The summed E-state index contributed by atoms with van der Waals surface area (Å²) in [6.45, 7) is -0.318. The molecule has 0 fully saturated rings. The molecule has 0 heterocycles. The molecule has 2 rings (SSSR count). The highest BCUT2D eigenvalue weighted by Gasteiger charge is 2.14. The summed E-state index contributed by atoms with van der Waals surface area (Å²) < 4.78 is 32.1. The first-order valence-electron chi connectivity index (χ1n) is 6.57. The van der Waals surface area contributed by atoms with Crippen molar-refractivity contribution >= 4 is 21.8 Å². The Balaban J connectivity index is 2.22. The zero-order chi connectivity index (χ0) is 16.0. The van der Waals surface area contributed by atoms with E-state index in [2.05, 4.69) is 4.72 Å². The van der Waals surface area contributed by atoms with Crippen LogP contribution in [0.3, 0.4) is 0 Å². The lowest BCUT2D eigenvalue weighted by atomic mass is 10.2. The second-order valence-corrected chi connectivity index (χ2v) is 6.16. The summed E-state index contributed by atoms with van der Waals surface area (Å²) >= 11 is 0. The molecule has 0 atom stereocenters. The molecule has 0 saturated heterocycles. The fraction of sp³-hybridized carbons (Fsp3) is 0.125. The van der Waals surface area contributed by atoms with E-state index in [1.807, 2.05) is 0 Å². The molecule has 0 bridgehead atoms. The number of anilines is 1. The average Bonchev–Trinajstić information content (AvgIpc) is 2.53. The molecular weight excluding hydrogens is 302 g/mol. The van der Waals surface area contributed by atoms with E-state index in [1.54, 1.807) is 42.5 Å². The van der Waals surface area contributed by atoms with Crippen LogP contribution >= 0.6 is 0 Å². The van der Waals surface area contributed by atoms with Gasteiger partial charge in [-0.25, -0.2) is 13.5 Å². The first-order valence-corrected chi connectivity index (χ1v) is 8.05. The van der Waals surface area contributed by atoms with Crippen molar-refractivity contribution in [1.29, 1.82) is 0 Å². The van der Waals surface area contributed by atoms with Crippen LogP contribution in [-0.4, -0.2) is 22.1 Å². The molecule has 0 aliphatic rings. The van der Waals surface area contributed by atoms with Gasteiger partial charge in [-0.15, -0.1) is 0 Å². The number of nitrogens with one attached hydrogen (secondary N) is 1. The topological polar surface area (TPSA) is 75.3 Å². The van der Waals surface area contributed by atoms with Crippen LogP contribution in [0.5, 0.6) is 5.75 Å². The normalized spacial score (nSPS) is 11.5. The fourth-order valence-corrected chi connectivity index (χ4v) is 2.91. The van der Waals surface area contributed by atoms with Crippen molar-refractivity contribution < 1.29 is 18.3 Å². The standard InChI is InChI=1S/C16H16NO4S/c1-21-15-7-9-16(10-8-15)22(19,20)17-14-6-2-4-13(12-14)5-3-11-18/h2-10,12,17H,11H2,1H3. The van der Waals surface area contributed by atoms with Crippen molar-refractivity contribution in [3.05, 3.63) is 60.2 Å². The third-order valence-electron chi connectivity index (χ3n) is 2.92. The van der Waals surface area contributed by atoms with Crippen LogP contribution in [0.2, 0.25) is 0 Å². The molecule has 1 radical (unpaired) electrons. The number of rotatable bonds is 6. The van der Waals surface area contributed by atoms with E-state index in [9.17, 15) is 13.5 Å². The molecule has 2 aromatic rings. The number of methoxy groups -OCH3 is 1. The molecule has 0 saturated carbocycles. The largest absolute Gasteiger partial charge is 0.497 e. The molecule has 1 N–H and O–H groups in total. The molecule has 0 spiro atoms. The van der Waals surface area contributed by atoms with Gasteiger partial charge >= 0.3 is 0 Å². The van der Waals surface area contributed by atoms with Gasteiger partial charge in [0, 0.05) is 5.69 Å². The molecule has 0 aromatic heterocycles. The van der Waals surface area contributed by atoms with Gasteiger partial charge in [0.2, 0.25) is 0 Å². The van der Waals surface area contributed by atoms with E-state index in [1.165, 1.54) is 25.3 Å². The number of benzene rings is 2. The molecule has 0 aliphatic heterocycles. The average molecular weight is 318 g/mol. The first kappa shape index (κ1) is 16.1. The Morgan fingerprint density at radius 3 is 2.50 bits per heavy atom. The van der Waals surface area contributed by atoms with Gasteiger partial charge in [0.15, 0.2) is 0 Å². The van der Waals surface area contributed by atoms with E-state index in [0.29, 0.717) is 11.4 Å². The molecule has 22 heavy (non-hydrogen) atoms. The Morgan fingerprint density at radius 1 is 1.14 bits per heavy atom. The van der Waals surface area contributed by atoms with Crippen molar-refractivity contribution in [2.75, 3.05) is 18.4 Å². The predicted molar refractivity (Wildman–Crippen MR) is 84.8 cm³/mol.